The van der Waals surface area contributed by atoms with E-state index in [0.717, 1.165) is 79.1 Å². The molecule has 7 aromatic rings. The lowest BCUT2D eigenvalue weighted by Crippen LogP contribution is -2.39. The van der Waals surface area contributed by atoms with Gasteiger partial charge >= 0.3 is 0 Å². The van der Waals surface area contributed by atoms with Crippen LogP contribution in [0.2, 0.25) is 15.2 Å². The third-order valence-corrected chi connectivity index (χ3v) is 13.5. The Morgan fingerprint density at radius 1 is 0.612 bits per heavy atom. The Bertz CT molecular complexity index is 3220. The molecule has 2 atom stereocenters. The zero-order valence-electron chi connectivity index (χ0n) is 36.9. The normalized spacial score (nSPS) is 16.7. The summed E-state index contributed by atoms with van der Waals surface area (Å²) in [6.45, 7) is 4.91. The molecule has 6 heterocycles. The minimum Gasteiger partial charge on any atom is -0.330 e. The van der Waals surface area contributed by atoms with E-state index >= 15 is 0 Å². The Hall–Kier alpha value is -5.79. The number of likely N-dealkylation sites (tertiary alicyclic amines) is 2. The van der Waals surface area contributed by atoms with Gasteiger partial charge in [0, 0.05) is 58.8 Å². The molecule has 0 aliphatic carbocycles. The van der Waals surface area contributed by atoms with Gasteiger partial charge in [-0.05, 0) is 94.3 Å². The number of sulfonamides is 2. The first-order valence-corrected chi connectivity index (χ1v) is 26.3. The second-order valence-corrected chi connectivity index (χ2v) is 21.5. The molecule has 0 radical (unpaired) electrons. The number of amides is 2. The number of hydrogen-bond donors (Lipinski definition) is 2. The van der Waals surface area contributed by atoms with E-state index in [-0.39, 0.29) is 46.4 Å². The minimum atomic E-state index is -3.58. The molecular formula is C46H47Cl3N10O6S2. The Balaban J connectivity index is 0.000000184. The summed E-state index contributed by atoms with van der Waals surface area (Å²) in [4.78, 5) is 40.0. The fourth-order valence-corrected chi connectivity index (χ4v) is 10.1. The Labute approximate surface area is 403 Å². The number of hydrogen-bond acceptors (Lipinski definition) is 10. The first-order chi connectivity index (χ1) is 31.8. The van der Waals surface area contributed by atoms with E-state index in [0.29, 0.717) is 45.3 Å². The lowest BCUT2D eigenvalue weighted by Gasteiger charge is -2.35. The van der Waals surface area contributed by atoms with E-state index in [4.69, 9.17) is 44.9 Å². The number of nitrogens with zero attached hydrogens (tertiary/aromatic N) is 8. The summed E-state index contributed by atoms with van der Waals surface area (Å²) < 4.78 is 55.6. The second-order valence-electron chi connectivity index (χ2n) is 16.7. The zero-order chi connectivity index (χ0) is 47.8. The first kappa shape index (κ1) is 47.7. The number of fused-ring (bicyclic) bond motifs is 2. The molecule has 2 aliphatic heterocycles. The monoisotopic (exact) mass is 1000 g/mol. The maximum atomic E-state index is 13.7. The summed E-state index contributed by atoms with van der Waals surface area (Å²) in [5.41, 5.74) is 7.29. The molecule has 0 saturated carbocycles. The number of carbonyl (C=O) groups excluding carboxylic acids is 2. The van der Waals surface area contributed by atoms with Crippen LogP contribution < -0.4 is 9.44 Å². The van der Waals surface area contributed by atoms with Crippen LogP contribution in [0.15, 0.2) is 91.3 Å². The fraction of sp³-hybridized carbons (Fsp3) is 0.304. The maximum Gasteiger partial charge on any atom is 0.256 e. The van der Waals surface area contributed by atoms with Crippen LogP contribution in [0, 0.1) is 13.8 Å². The average molecular weight is 1010 g/mol. The Morgan fingerprint density at radius 2 is 1.07 bits per heavy atom. The largest absolute Gasteiger partial charge is 0.330 e. The van der Waals surface area contributed by atoms with Gasteiger partial charge in [0.1, 0.15) is 5.15 Å². The quantitative estimate of drug-likeness (QED) is 0.132. The van der Waals surface area contributed by atoms with Gasteiger partial charge in [0.05, 0.1) is 64.2 Å². The van der Waals surface area contributed by atoms with E-state index < -0.39 is 20.0 Å². The summed E-state index contributed by atoms with van der Waals surface area (Å²) in [7, 11) is -7.15. The number of anilines is 2. The molecule has 0 bridgehead atoms. The van der Waals surface area contributed by atoms with Crippen molar-refractivity contribution in [2.24, 2.45) is 0 Å². The zero-order valence-corrected chi connectivity index (χ0v) is 40.9. The summed E-state index contributed by atoms with van der Waals surface area (Å²) in [5, 5.41) is 10.5. The fourth-order valence-electron chi connectivity index (χ4n) is 8.49. The molecular weight excluding hydrogens is 959 g/mol. The lowest BCUT2D eigenvalue weighted by atomic mass is 9.98. The van der Waals surface area contributed by atoms with E-state index in [1.165, 1.54) is 24.3 Å². The van der Waals surface area contributed by atoms with Gasteiger partial charge in [0.15, 0.2) is 11.3 Å². The van der Waals surface area contributed by atoms with Crippen LogP contribution in [0.25, 0.3) is 22.6 Å². The van der Waals surface area contributed by atoms with Gasteiger partial charge in [-0.1, -0.05) is 65.1 Å². The maximum absolute atomic E-state index is 13.7. The number of aryl methyl sites for hydroxylation is 2. The first-order valence-electron chi connectivity index (χ1n) is 21.4. The second kappa shape index (κ2) is 19.4. The third-order valence-electron chi connectivity index (χ3n) is 11.5. The Morgan fingerprint density at radius 3 is 1.55 bits per heavy atom. The summed E-state index contributed by atoms with van der Waals surface area (Å²) >= 11 is 18.5. The SMILES string of the molecule is Cc1cn2nc([C@@H]3CCCCN3C(=O)c3cc(Cl)ccc3NS(C)(=O)=O)cc2nc1-c1ccccc1.Cc1cn2nc([C@@H]3CCCCN3C(=O)c3cc(Cl)ccc3NS(C)(=O)=O)cc2nc1Cl. The van der Waals surface area contributed by atoms with Crippen LogP contribution in [0.3, 0.4) is 0 Å². The van der Waals surface area contributed by atoms with Crippen LogP contribution in [-0.2, 0) is 20.0 Å². The molecule has 16 nitrogen and oxygen atoms in total. The van der Waals surface area contributed by atoms with Gasteiger partial charge in [0.25, 0.3) is 11.8 Å². The smallest absolute Gasteiger partial charge is 0.256 e. The summed E-state index contributed by atoms with van der Waals surface area (Å²) in [5.74, 6) is -0.600. The number of halogens is 3. The molecule has 3 aromatic carbocycles. The van der Waals surface area contributed by atoms with Gasteiger partial charge in [-0.15, -0.1) is 0 Å². The number of rotatable bonds is 9. The van der Waals surface area contributed by atoms with Crippen molar-refractivity contribution in [3.05, 3.63) is 140 Å². The highest BCUT2D eigenvalue weighted by atomic mass is 35.5. The highest BCUT2D eigenvalue weighted by molar-refractivity contribution is 7.92. The van der Waals surface area contributed by atoms with E-state index in [1.807, 2.05) is 62.5 Å². The van der Waals surface area contributed by atoms with Gasteiger partial charge < -0.3 is 9.80 Å². The van der Waals surface area contributed by atoms with Crippen molar-refractivity contribution in [3.8, 4) is 11.3 Å². The van der Waals surface area contributed by atoms with Crippen molar-refractivity contribution < 1.29 is 26.4 Å². The van der Waals surface area contributed by atoms with Gasteiger partial charge in [0.2, 0.25) is 20.0 Å². The molecule has 0 unspecified atom stereocenters. The van der Waals surface area contributed by atoms with Gasteiger partial charge in [-0.3, -0.25) is 19.0 Å². The standard InChI is InChI=1S/C26H26ClN5O3S.C20H21Cl2N5O3S/c1-17-16-32-24(28-25(17)18-8-4-3-5-9-18)15-22(29-32)23-10-6-7-13-31(23)26(33)20-14-19(27)11-12-21(20)30-36(2,34)35;1-12-11-27-18(23-19(12)22)10-16(24-27)17-5-3-4-8-26(17)20(28)14-9-13(21)6-7-15(14)25-31(2,29)30/h3-5,8-9,11-12,14-16,23,30H,6-7,10,13H2,1-2H3;6-7,9-11,17,25H,3-5,8H2,1-2H3/t23-;17-/m00/s1. The van der Waals surface area contributed by atoms with Crippen LogP contribution in [0.4, 0.5) is 11.4 Å². The Kier molecular flexibility index (Phi) is 13.8. The number of benzene rings is 3. The molecule has 4 aromatic heterocycles. The van der Waals surface area contributed by atoms with Crippen molar-refractivity contribution in [3.63, 3.8) is 0 Å². The predicted molar refractivity (Wildman–Crippen MR) is 261 cm³/mol. The molecule has 21 heteroatoms. The lowest BCUT2D eigenvalue weighted by molar-refractivity contribution is 0.0600. The number of aromatic nitrogens is 6. The van der Waals surface area contributed by atoms with E-state index in [9.17, 15) is 26.4 Å². The van der Waals surface area contributed by atoms with Gasteiger partial charge in [-0.2, -0.15) is 10.2 Å². The van der Waals surface area contributed by atoms with Crippen molar-refractivity contribution >= 4 is 89.3 Å². The van der Waals surface area contributed by atoms with Crippen LogP contribution in [-0.4, -0.2) is 93.2 Å². The van der Waals surface area contributed by atoms with Crippen molar-refractivity contribution in [1.82, 2.24) is 39.0 Å². The summed E-state index contributed by atoms with van der Waals surface area (Å²) in [6.07, 6.45) is 10.9. The number of piperidine rings is 2. The predicted octanol–water partition coefficient (Wildman–Crippen LogP) is 9.18. The van der Waals surface area contributed by atoms with Crippen LogP contribution in [0.1, 0.15) is 93.8 Å². The van der Waals surface area contributed by atoms with E-state index in [2.05, 4.69) is 19.5 Å². The molecule has 2 saturated heterocycles. The highest BCUT2D eigenvalue weighted by Crippen LogP contribution is 2.36. The van der Waals surface area contributed by atoms with Crippen molar-refractivity contribution in [2.45, 2.75) is 64.5 Å². The molecule has 2 amide bonds. The molecule has 2 aliphatic rings. The highest BCUT2D eigenvalue weighted by Gasteiger charge is 2.34. The molecule has 0 spiro atoms. The van der Waals surface area contributed by atoms with Crippen molar-refractivity contribution in [2.75, 3.05) is 35.0 Å². The molecule has 2 N–H and O–H groups in total. The molecule has 9 rings (SSSR count). The van der Waals surface area contributed by atoms with Crippen LogP contribution >= 0.6 is 34.8 Å². The third kappa shape index (κ3) is 11.0. The topological polar surface area (TPSA) is 193 Å². The van der Waals surface area contributed by atoms with Crippen molar-refractivity contribution in [1.29, 1.82) is 0 Å². The number of nitrogens with one attached hydrogen (secondary N) is 2. The van der Waals surface area contributed by atoms with Crippen LogP contribution in [0.5, 0.6) is 0 Å². The molecule has 350 valence electrons. The van der Waals surface area contributed by atoms with Gasteiger partial charge in [-0.25, -0.2) is 35.8 Å². The molecule has 2 fully saturated rings. The molecule has 67 heavy (non-hydrogen) atoms. The summed E-state index contributed by atoms with van der Waals surface area (Å²) in [6, 6.07) is 22.3. The number of carbonyl (C=O) groups is 2. The van der Waals surface area contributed by atoms with E-state index in [1.54, 1.807) is 37.2 Å². The average Bonchev–Trinajstić information content (AvgIpc) is 3.90. The minimum absolute atomic E-state index is 0.195.